The molecular weight excluding hydrogens is 224 g/mol. The predicted molar refractivity (Wildman–Crippen MR) is 77.9 cm³/mol. The van der Waals surface area contributed by atoms with E-state index in [1.807, 2.05) is 0 Å². The minimum Gasteiger partial charge on any atom is -0.384 e. The molecule has 18 heavy (non-hydrogen) atoms. The van der Waals surface area contributed by atoms with Crippen LogP contribution in [0, 0.1) is 5.92 Å². The monoisotopic (exact) mass is 256 g/mol. The summed E-state index contributed by atoms with van der Waals surface area (Å²) in [6.45, 7) is 5.02. The Morgan fingerprint density at radius 3 is 2.11 bits per heavy atom. The molecule has 0 N–H and O–H groups in total. The summed E-state index contributed by atoms with van der Waals surface area (Å²) < 4.78 is 5.04. The first-order valence-corrected chi connectivity index (χ1v) is 7.71. The maximum Gasteiger partial charge on any atom is 0.133 e. The third-order valence-electron chi connectivity index (χ3n) is 3.34. The topological polar surface area (TPSA) is 26.3 Å². The van der Waals surface area contributed by atoms with Gasteiger partial charge in [0.2, 0.25) is 0 Å². The number of ether oxygens (including phenoxy) is 1. The van der Waals surface area contributed by atoms with E-state index in [1.54, 1.807) is 7.11 Å². The summed E-state index contributed by atoms with van der Waals surface area (Å²) in [5.41, 5.74) is 0. The van der Waals surface area contributed by atoms with Gasteiger partial charge in [-0.25, -0.2) is 0 Å². The lowest BCUT2D eigenvalue weighted by atomic mass is 10.0. The van der Waals surface area contributed by atoms with E-state index in [-0.39, 0.29) is 0 Å². The second-order valence-electron chi connectivity index (χ2n) is 5.53. The molecule has 0 spiro atoms. The summed E-state index contributed by atoms with van der Waals surface area (Å²) in [4.78, 5) is 11.6. The van der Waals surface area contributed by atoms with Gasteiger partial charge in [0.15, 0.2) is 0 Å². The molecule has 1 unspecified atom stereocenters. The largest absolute Gasteiger partial charge is 0.384 e. The second-order valence-corrected chi connectivity index (χ2v) is 5.53. The van der Waals surface area contributed by atoms with Crippen LogP contribution in [0.3, 0.4) is 0 Å². The Morgan fingerprint density at radius 2 is 1.56 bits per heavy atom. The average Bonchev–Trinajstić information content (AvgIpc) is 2.32. The zero-order valence-electron chi connectivity index (χ0n) is 12.7. The van der Waals surface area contributed by atoms with Gasteiger partial charge in [-0.3, -0.25) is 4.79 Å². The van der Waals surface area contributed by atoms with Crippen LogP contribution in [0.2, 0.25) is 0 Å². The van der Waals surface area contributed by atoms with E-state index in [2.05, 4.69) is 13.8 Å². The van der Waals surface area contributed by atoms with Crippen molar-refractivity contribution < 1.29 is 9.53 Å². The van der Waals surface area contributed by atoms with Crippen LogP contribution in [0.1, 0.15) is 78.1 Å². The molecule has 0 amide bonds. The molecule has 0 aliphatic heterocycles. The standard InChI is InChI=1S/C16H32O2/c1-4-5-6-7-8-9-10-11-12-16(17)13-15(2)14-18-3/h15H,4-14H2,1-3H3. The fourth-order valence-electron chi connectivity index (χ4n) is 2.29. The molecule has 0 saturated carbocycles. The summed E-state index contributed by atoms with van der Waals surface area (Å²) in [6.07, 6.45) is 11.8. The van der Waals surface area contributed by atoms with Gasteiger partial charge >= 0.3 is 0 Å². The number of ketones is 1. The Morgan fingerprint density at radius 1 is 1.00 bits per heavy atom. The van der Waals surface area contributed by atoms with E-state index >= 15 is 0 Å². The van der Waals surface area contributed by atoms with E-state index in [0.29, 0.717) is 24.7 Å². The van der Waals surface area contributed by atoms with Crippen LogP contribution >= 0.6 is 0 Å². The molecule has 0 rings (SSSR count). The Hall–Kier alpha value is -0.370. The van der Waals surface area contributed by atoms with Crippen molar-refractivity contribution in [2.45, 2.75) is 78.1 Å². The number of methoxy groups -OCH3 is 1. The Kier molecular flexibility index (Phi) is 12.8. The van der Waals surface area contributed by atoms with Gasteiger partial charge < -0.3 is 4.74 Å². The van der Waals surface area contributed by atoms with Crippen molar-refractivity contribution >= 4 is 5.78 Å². The number of carbonyl (C=O) groups is 1. The summed E-state index contributed by atoms with van der Waals surface area (Å²) in [7, 11) is 1.69. The number of unbranched alkanes of at least 4 members (excludes halogenated alkanes) is 7. The quantitative estimate of drug-likeness (QED) is 0.444. The number of hydrogen-bond acceptors (Lipinski definition) is 2. The van der Waals surface area contributed by atoms with Crippen molar-refractivity contribution in [1.29, 1.82) is 0 Å². The highest BCUT2D eigenvalue weighted by atomic mass is 16.5. The molecule has 2 nitrogen and oxygen atoms in total. The Labute approximate surface area is 113 Å². The number of carbonyl (C=O) groups excluding carboxylic acids is 1. The maximum atomic E-state index is 11.6. The van der Waals surface area contributed by atoms with Gasteiger partial charge in [-0.1, -0.05) is 58.8 Å². The van der Waals surface area contributed by atoms with Gasteiger partial charge in [-0.05, 0) is 12.3 Å². The number of hydrogen-bond donors (Lipinski definition) is 0. The normalized spacial score (nSPS) is 12.6. The van der Waals surface area contributed by atoms with Crippen LogP contribution in [-0.2, 0) is 9.53 Å². The van der Waals surface area contributed by atoms with Crippen molar-refractivity contribution in [2.24, 2.45) is 5.92 Å². The molecule has 0 aromatic carbocycles. The molecule has 0 aliphatic carbocycles. The molecule has 1 atom stereocenters. The van der Waals surface area contributed by atoms with Crippen LogP contribution in [0.5, 0.6) is 0 Å². The highest BCUT2D eigenvalue weighted by molar-refractivity contribution is 5.78. The van der Waals surface area contributed by atoms with Crippen molar-refractivity contribution in [3.63, 3.8) is 0 Å². The predicted octanol–water partition coefficient (Wildman–Crippen LogP) is 4.76. The second kappa shape index (κ2) is 13.1. The molecule has 0 radical (unpaired) electrons. The van der Waals surface area contributed by atoms with Crippen molar-refractivity contribution in [3.05, 3.63) is 0 Å². The molecular formula is C16H32O2. The molecule has 0 bridgehead atoms. The minimum atomic E-state index is 0.372. The highest BCUT2D eigenvalue weighted by Gasteiger charge is 2.08. The Balaban J connectivity index is 3.25. The molecule has 0 saturated heterocycles. The van der Waals surface area contributed by atoms with Crippen LogP contribution in [-0.4, -0.2) is 19.5 Å². The van der Waals surface area contributed by atoms with Gasteiger partial charge in [0.25, 0.3) is 0 Å². The molecule has 0 aromatic rings. The van der Waals surface area contributed by atoms with Gasteiger partial charge in [0, 0.05) is 26.6 Å². The maximum absolute atomic E-state index is 11.6. The third kappa shape index (κ3) is 12.1. The molecule has 0 heterocycles. The van der Waals surface area contributed by atoms with Gasteiger partial charge in [-0.2, -0.15) is 0 Å². The molecule has 108 valence electrons. The first-order chi connectivity index (χ1) is 8.70. The SMILES string of the molecule is CCCCCCCCCCC(=O)CC(C)COC. The minimum absolute atomic E-state index is 0.372. The van der Waals surface area contributed by atoms with Crippen LogP contribution in [0.25, 0.3) is 0 Å². The first kappa shape index (κ1) is 17.6. The van der Waals surface area contributed by atoms with Crippen LogP contribution < -0.4 is 0 Å². The zero-order valence-corrected chi connectivity index (χ0v) is 12.7. The van der Waals surface area contributed by atoms with Crippen molar-refractivity contribution in [3.8, 4) is 0 Å². The van der Waals surface area contributed by atoms with Crippen LogP contribution in [0.15, 0.2) is 0 Å². The number of Topliss-reactive ketones (excluding diaryl/α,β-unsaturated/α-hetero) is 1. The molecule has 0 aromatic heterocycles. The van der Waals surface area contributed by atoms with Crippen molar-refractivity contribution in [2.75, 3.05) is 13.7 Å². The van der Waals surface area contributed by atoms with Gasteiger partial charge in [0.1, 0.15) is 5.78 Å². The van der Waals surface area contributed by atoms with Crippen molar-refractivity contribution in [1.82, 2.24) is 0 Å². The van der Waals surface area contributed by atoms with E-state index in [9.17, 15) is 4.79 Å². The van der Waals surface area contributed by atoms with E-state index in [1.165, 1.54) is 44.9 Å². The summed E-state index contributed by atoms with van der Waals surface area (Å²) >= 11 is 0. The zero-order chi connectivity index (χ0) is 13.6. The summed E-state index contributed by atoms with van der Waals surface area (Å²) in [5.74, 6) is 0.780. The lowest BCUT2D eigenvalue weighted by molar-refractivity contribution is -0.120. The van der Waals surface area contributed by atoms with E-state index < -0.39 is 0 Å². The summed E-state index contributed by atoms with van der Waals surface area (Å²) in [6, 6.07) is 0. The van der Waals surface area contributed by atoms with Crippen LogP contribution in [0.4, 0.5) is 0 Å². The molecule has 0 fully saturated rings. The van der Waals surface area contributed by atoms with E-state index in [4.69, 9.17) is 4.74 Å². The fraction of sp³-hybridized carbons (Fsp3) is 0.938. The average molecular weight is 256 g/mol. The fourth-order valence-corrected chi connectivity index (χ4v) is 2.29. The smallest absolute Gasteiger partial charge is 0.133 e. The third-order valence-corrected chi connectivity index (χ3v) is 3.34. The summed E-state index contributed by atoms with van der Waals surface area (Å²) in [5, 5.41) is 0. The Bertz CT molecular complexity index is 190. The first-order valence-electron chi connectivity index (χ1n) is 7.71. The lowest BCUT2D eigenvalue weighted by Crippen LogP contribution is -2.10. The highest BCUT2D eigenvalue weighted by Crippen LogP contribution is 2.12. The van der Waals surface area contributed by atoms with Gasteiger partial charge in [-0.15, -0.1) is 0 Å². The van der Waals surface area contributed by atoms with E-state index in [0.717, 1.165) is 12.8 Å². The number of rotatable bonds is 13. The molecule has 2 heteroatoms. The van der Waals surface area contributed by atoms with Gasteiger partial charge in [0.05, 0.1) is 0 Å². The molecule has 0 aliphatic rings. The lowest BCUT2D eigenvalue weighted by Gasteiger charge is -2.08.